The molecule has 293 valence electrons. The summed E-state index contributed by atoms with van der Waals surface area (Å²) in [5.41, 5.74) is 6.42. The molecule has 3 aromatic heterocycles. The number of fused-ring (bicyclic) bond motifs is 7. The van der Waals surface area contributed by atoms with Crippen molar-refractivity contribution >= 4 is 43.5 Å². The average Bonchev–Trinajstić information content (AvgIpc) is 3.69. The second-order valence-electron chi connectivity index (χ2n) is 15.4. The number of benzene rings is 6. The predicted molar refractivity (Wildman–Crippen MR) is 241 cm³/mol. The molecule has 0 aliphatic carbocycles. The maximum absolute atomic E-state index is 8.94. The molecule has 0 saturated carbocycles. The molecule has 0 bridgehead atoms. The van der Waals surface area contributed by atoms with E-state index >= 15 is 0 Å². The predicted octanol–water partition coefficient (Wildman–Crippen LogP) is 15.1. The number of hydrogen-bond donors (Lipinski definition) is 0. The van der Waals surface area contributed by atoms with Crippen molar-refractivity contribution in [2.75, 3.05) is 0 Å². The molecule has 0 atom stereocenters. The summed E-state index contributed by atoms with van der Waals surface area (Å²) in [4.78, 5) is 9.02. The van der Waals surface area contributed by atoms with Gasteiger partial charge in [-0.2, -0.15) is 0 Å². The van der Waals surface area contributed by atoms with Crippen LogP contribution >= 0.6 is 0 Å². The Balaban J connectivity index is 0.000000274. The molecule has 0 amide bonds. The Hall–Kier alpha value is -5.41. The fourth-order valence-corrected chi connectivity index (χ4v) is 7.53. The molecule has 0 fully saturated rings. The van der Waals surface area contributed by atoms with Crippen LogP contribution in [-0.4, -0.2) is 9.97 Å². The van der Waals surface area contributed by atoms with Gasteiger partial charge in [-0.1, -0.05) is 137 Å². The van der Waals surface area contributed by atoms with Gasteiger partial charge in [0, 0.05) is 57.0 Å². The van der Waals surface area contributed by atoms with Crippen molar-refractivity contribution < 1.29 is 38.2 Å². The van der Waals surface area contributed by atoms with Crippen molar-refractivity contribution in [2.24, 2.45) is 0 Å². The second-order valence-corrected chi connectivity index (χ2v) is 15.4. The fourth-order valence-electron chi connectivity index (χ4n) is 7.53. The summed E-state index contributed by atoms with van der Waals surface area (Å²) in [5.74, 6) is -0.962. The first-order valence-electron chi connectivity index (χ1n) is 24.3. The Labute approximate surface area is 371 Å². The Morgan fingerprint density at radius 1 is 0.690 bits per heavy atom. The van der Waals surface area contributed by atoms with Crippen LogP contribution in [0.3, 0.4) is 0 Å². The van der Waals surface area contributed by atoms with Gasteiger partial charge < -0.3 is 14.4 Å². The van der Waals surface area contributed by atoms with Crippen LogP contribution in [0.2, 0.25) is 0 Å². The molecular weight excluding hydrogens is 885 g/mol. The molecule has 0 unspecified atom stereocenters. The Kier molecular flexibility index (Phi) is 8.63. The van der Waals surface area contributed by atoms with Crippen molar-refractivity contribution in [3.8, 4) is 33.6 Å². The fraction of sp³-hybridized carbons (Fsp3) is 0.222. The first-order valence-corrected chi connectivity index (χ1v) is 19.3. The van der Waals surface area contributed by atoms with Gasteiger partial charge in [0.1, 0.15) is 5.58 Å². The minimum atomic E-state index is -2.56. The molecule has 3 nitrogen and oxygen atoms in total. The van der Waals surface area contributed by atoms with Gasteiger partial charge in [-0.05, 0) is 98.8 Å². The number of furan rings is 1. The minimum absolute atomic E-state index is 0. The van der Waals surface area contributed by atoms with E-state index in [1.54, 1.807) is 42.5 Å². The van der Waals surface area contributed by atoms with E-state index in [0.29, 0.717) is 40.8 Å². The molecule has 9 rings (SSSR count). The third kappa shape index (κ3) is 7.89. The van der Waals surface area contributed by atoms with Gasteiger partial charge in [0.25, 0.3) is 0 Å². The van der Waals surface area contributed by atoms with Crippen molar-refractivity contribution in [3.63, 3.8) is 0 Å². The number of pyridine rings is 2. The molecule has 9 aromatic rings. The summed E-state index contributed by atoms with van der Waals surface area (Å²) >= 11 is 0. The van der Waals surface area contributed by atoms with E-state index in [1.807, 2.05) is 56.4 Å². The average molecular weight is 945 g/mol. The Morgan fingerprint density at radius 2 is 1.47 bits per heavy atom. The first-order chi connectivity index (χ1) is 31.5. The van der Waals surface area contributed by atoms with Crippen LogP contribution in [0.15, 0.2) is 132 Å². The molecule has 3 heterocycles. The standard InChI is InChI=1S/C38H32NO.C16H18N.Ir/c1-5-25(6-2)28-17-18-29(23(3)20-28)34-21-35(39-22-24(34)4)33-13-9-12-31-32-19-16-27-15-14-26-10-7-8-11-30(26)36(27)38(32)40-37(31)33;1-12-5-7-13(8-6-12)15-10-9-14(11-17-15)16(2,3)4;/h7-12,14-22,25H,5-6H2,1-4H3;5-7,9-11H,1-4H3;/q2*-1;/i3D3,4D3,25D;1D3;. The van der Waals surface area contributed by atoms with Gasteiger partial charge in [-0.15, -0.1) is 53.6 Å². The molecule has 1 radical (unpaired) electrons. The Morgan fingerprint density at radius 3 is 2.19 bits per heavy atom. The summed E-state index contributed by atoms with van der Waals surface area (Å²) < 4.78 is 87.8. The maximum atomic E-state index is 8.94. The summed E-state index contributed by atoms with van der Waals surface area (Å²) in [6.45, 7) is 3.02. The van der Waals surface area contributed by atoms with Crippen LogP contribution in [-0.2, 0) is 25.5 Å². The summed E-state index contributed by atoms with van der Waals surface area (Å²) in [5, 5.41) is 6.02. The number of aromatic nitrogens is 2. The molecule has 0 spiro atoms. The van der Waals surface area contributed by atoms with E-state index in [-0.39, 0.29) is 47.8 Å². The summed E-state index contributed by atoms with van der Waals surface area (Å²) in [6, 6.07) is 41.9. The first kappa shape index (κ1) is 29.8. The van der Waals surface area contributed by atoms with E-state index in [0.717, 1.165) is 49.2 Å². The Bertz CT molecular complexity index is 3220. The van der Waals surface area contributed by atoms with Crippen LogP contribution in [0.25, 0.3) is 77.1 Å². The quantitative estimate of drug-likeness (QED) is 0.123. The zero-order valence-electron chi connectivity index (χ0n) is 43.2. The van der Waals surface area contributed by atoms with E-state index < -0.39 is 26.4 Å². The molecule has 0 saturated heterocycles. The number of rotatable bonds is 6. The van der Waals surface area contributed by atoms with Gasteiger partial charge in [0.05, 0.1) is 5.58 Å². The molecule has 0 N–H and O–H groups in total. The number of hydrogen-bond acceptors (Lipinski definition) is 3. The molecule has 0 aliphatic rings. The molecule has 58 heavy (non-hydrogen) atoms. The van der Waals surface area contributed by atoms with Crippen molar-refractivity contribution in [1.82, 2.24) is 9.97 Å². The van der Waals surface area contributed by atoms with Crippen LogP contribution in [0.4, 0.5) is 0 Å². The van der Waals surface area contributed by atoms with Crippen molar-refractivity contribution in [3.05, 3.63) is 168 Å². The minimum Gasteiger partial charge on any atom is -0.500 e. The summed E-state index contributed by atoms with van der Waals surface area (Å²) in [6.07, 6.45) is 4.18. The van der Waals surface area contributed by atoms with E-state index in [2.05, 4.69) is 73.2 Å². The molecule has 0 aliphatic heterocycles. The molecule has 4 heteroatoms. The van der Waals surface area contributed by atoms with Gasteiger partial charge >= 0.3 is 0 Å². The SMILES string of the molecule is [2H]C([2H])([2H])c1c[c-]c(-c2ccc(C(C)(C)C)cn2)cc1.[2H]C([2H])([2H])c1cnc(-c2[c-]ccc3c2oc2c3ccc3ccc4ccccc4c32)cc1-c1ccc(C([2H])(CC)CC)cc1C([2H])([2H])[2H].[Ir]. The van der Waals surface area contributed by atoms with Crippen LogP contribution in [0.1, 0.15) is 94.9 Å². The van der Waals surface area contributed by atoms with Crippen molar-refractivity contribution in [1.29, 1.82) is 0 Å². The van der Waals surface area contributed by atoms with Gasteiger partial charge in [0.15, 0.2) is 0 Å². The summed E-state index contributed by atoms with van der Waals surface area (Å²) in [7, 11) is 0. The normalized spacial score (nSPS) is 15.0. The molecular formula is C54H50IrN2O-2. The monoisotopic (exact) mass is 945 g/mol. The van der Waals surface area contributed by atoms with E-state index in [4.69, 9.17) is 18.1 Å². The zero-order chi connectivity index (χ0) is 48.3. The molecule has 6 aromatic carbocycles. The van der Waals surface area contributed by atoms with Gasteiger partial charge in [0.2, 0.25) is 0 Å². The third-order valence-electron chi connectivity index (χ3n) is 10.8. The largest absolute Gasteiger partial charge is 0.500 e. The van der Waals surface area contributed by atoms with Gasteiger partial charge in [-0.25, -0.2) is 0 Å². The zero-order valence-corrected chi connectivity index (χ0v) is 35.6. The third-order valence-corrected chi connectivity index (χ3v) is 10.8. The van der Waals surface area contributed by atoms with E-state index in [9.17, 15) is 0 Å². The van der Waals surface area contributed by atoms with Crippen LogP contribution < -0.4 is 0 Å². The van der Waals surface area contributed by atoms with Crippen LogP contribution in [0, 0.1) is 32.7 Å². The van der Waals surface area contributed by atoms with Crippen molar-refractivity contribution in [2.45, 2.75) is 79.3 Å². The van der Waals surface area contributed by atoms with Gasteiger partial charge in [-0.3, -0.25) is 0 Å². The van der Waals surface area contributed by atoms with E-state index in [1.165, 1.54) is 17.8 Å². The second kappa shape index (κ2) is 16.8. The van der Waals surface area contributed by atoms with Crippen LogP contribution in [0.5, 0.6) is 0 Å². The topological polar surface area (TPSA) is 38.9 Å². The smallest absolute Gasteiger partial charge is 0.129 e. The number of nitrogens with zero attached hydrogens (tertiary/aromatic N) is 2. The number of aryl methyl sites for hydroxylation is 3. The maximum Gasteiger partial charge on any atom is 0.129 e.